The van der Waals surface area contributed by atoms with Gasteiger partial charge in [0.15, 0.2) is 0 Å². The van der Waals surface area contributed by atoms with E-state index in [0.717, 1.165) is 33.4 Å². The zero-order chi connectivity index (χ0) is 66.1. The smallest absolute Gasteiger partial charge is 0.261 e. The van der Waals surface area contributed by atoms with Crippen LogP contribution in [0.3, 0.4) is 0 Å². The summed E-state index contributed by atoms with van der Waals surface area (Å²) < 4.78 is 0. The maximum atomic E-state index is 14.8. The standard InChI is InChI=1S/C78H60N6O12/c1-7-13-79-67(85)43-19-31-32(20-44(43)68(79)86)56-34-22-46-45(69(87)80(14-8-2)70(46)88)21-33(34)55(31)61-62(56)64-58-37-25-49-53(77(95)83(17-11-5)73(49)91)29-41(37)60(42-30-54-50(26-38(42)58)74(92)84(18-12-6)78(54)96)66(64)65-59-39-27-51-47(71(89)81(15-9-3)75(51)93)23-35(39)57(63(61)65)36-24-48-52(28-40(36)59)76(94)82(16-10-4)72(48)90/h19-30,55-60H,7-18H2,1-6H3. The maximum Gasteiger partial charge on any atom is 0.261 e. The van der Waals surface area contributed by atoms with Crippen molar-refractivity contribution in [3.63, 3.8) is 0 Å². The van der Waals surface area contributed by atoms with E-state index >= 15 is 0 Å². The van der Waals surface area contributed by atoms with Gasteiger partial charge in [0.2, 0.25) is 0 Å². The maximum absolute atomic E-state index is 14.8. The first-order chi connectivity index (χ1) is 46.4. The van der Waals surface area contributed by atoms with Gasteiger partial charge in [-0.2, -0.15) is 0 Å². The third-order valence-corrected chi connectivity index (χ3v) is 22.9. The normalized spacial score (nSPS) is 22.1. The average Bonchev–Trinajstić information content (AvgIpc) is 0.691. The van der Waals surface area contributed by atoms with Crippen LogP contribution in [0.1, 0.15) is 340 Å². The number of hydrogen-bond donors (Lipinski definition) is 0. The highest BCUT2D eigenvalue weighted by Crippen LogP contribution is 2.71. The molecule has 18 nitrogen and oxygen atoms in total. The zero-order valence-corrected chi connectivity index (χ0v) is 53.5. The third kappa shape index (κ3) is 6.49. The van der Waals surface area contributed by atoms with E-state index in [1.165, 1.54) is 29.4 Å². The minimum Gasteiger partial charge on any atom is -0.274 e. The van der Waals surface area contributed by atoms with Crippen LogP contribution in [-0.4, -0.2) is 140 Å². The van der Waals surface area contributed by atoms with Crippen LogP contribution in [0.25, 0.3) is 0 Å². The fourth-order valence-corrected chi connectivity index (χ4v) is 19.4. The molecule has 0 spiro atoms. The molecule has 15 aliphatic rings. The molecule has 0 atom stereocenters. The molecule has 0 saturated heterocycles. The molecular weight excluding hydrogens is 1210 g/mol. The molecule has 0 fully saturated rings. The Hall–Kier alpha value is -10.6. The first-order valence-electron chi connectivity index (χ1n) is 33.9. The van der Waals surface area contributed by atoms with Gasteiger partial charge in [-0.3, -0.25) is 86.9 Å². The van der Waals surface area contributed by atoms with Gasteiger partial charge in [0, 0.05) is 74.8 Å². The summed E-state index contributed by atoms with van der Waals surface area (Å²) in [7, 11) is 0. The van der Waals surface area contributed by atoms with Crippen molar-refractivity contribution in [3.05, 3.63) is 240 Å². The molecule has 22 rings (SSSR count). The Balaban J connectivity index is 0.989. The highest BCUT2D eigenvalue weighted by Gasteiger charge is 2.60. The van der Waals surface area contributed by atoms with E-state index in [2.05, 4.69) is 0 Å². The summed E-state index contributed by atoms with van der Waals surface area (Å²) in [5.41, 5.74) is 15.6. The summed E-state index contributed by atoms with van der Waals surface area (Å²) in [6.45, 7) is 12.4. The van der Waals surface area contributed by atoms with Gasteiger partial charge in [-0.05, 0) is 211 Å². The van der Waals surface area contributed by atoms with Gasteiger partial charge in [0.25, 0.3) is 70.9 Å². The lowest BCUT2D eigenvalue weighted by Gasteiger charge is -2.55. The molecule has 474 valence electrons. The van der Waals surface area contributed by atoms with Crippen LogP contribution in [0.5, 0.6) is 0 Å². The molecule has 12 amide bonds. The summed E-state index contributed by atoms with van der Waals surface area (Å²) in [5, 5.41) is 0. The number of carbonyl (C=O) groups is 12. The Labute approximate surface area is 549 Å². The topological polar surface area (TPSA) is 224 Å². The second kappa shape index (κ2) is 19.1. The van der Waals surface area contributed by atoms with Gasteiger partial charge in [-0.15, -0.1) is 0 Å². The molecule has 0 aromatic heterocycles. The molecule has 0 N–H and O–H groups in total. The number of carbonyl (C=O) groups excluding carboxylic acids is 12. The number of hydrogen-bond acceptors (Lipinski definition) is 12. The highest BCUT2D eigenvalue weighted by molar-refractivity contribution is 6.26. The number of imide groups is 6. The van der Waals surface area contributed by atoms with Gasteiger partial charge < -0.3 is 0 Å². The van der Waals surface area contributed by atoms with Crippen molar-refractivity contribution in [3.8, 4) is 0 Å². The molecule has 7 aromatic rings. The van der Waals surface area contributed by atoms with Crippen LogP contribution in [0.2, 0.25) is 0 Å². The van der Waals surface area contributed by atoms with E-state index < -0.39 is 106 Å². The molecule has 18 heteroatoms. The van der Waals surface area contributed by atoms with Crippen LogP contribution in [0.15, 0.2) is 72.8 Å². The number of amides is 12. The van der Waals surface area contributed by atoms with Crippen molar-refractivity contribution < 1.29 is 57.5 Å². The van der Waals surface area contributed by atoms with Gasteiger partial charge in [0.05, 0.1) is 66.8 Å². The first kappa shape index (κ1) is 56.9. The van der Waals surface area contributed by atoms with Crippen LogP contribution in [0.4, 0.5) is 0 Å². The number of nitrogens with zero attached hydrogens (tertiary/aromatic N) is 6. The van der Waals surface area contributed by atoms with Crippen molar-refractivity contribution in [2.75, 3.05) is 39.3 Å². The Kier molecular flexibility index (Phi) is 11.3. The Morgan fingerprint density at radius 3 is 0.365 bits per heavy atom. The Morgan fingerprint density at radius 2 is 0.281 bits per heavy atom. The van der Waals surface area contributed by atoms with E-state index in [1.54, 1.807) is 0 Å². The molecule has 6 aliphatic heterocycles. The van der Waals surface area contributed by atoms with Crippen molar-refractivity contribution >= 4 is 70.9 Å². The van der Waals surface area contributed by atoms with Crippen molar-refractivity contribution in [1.29, 1.82) is 0 Å². The fraction of sp³-hybridized carbons (Fsp3) is 0.308. The van der Waals surface area contributed by atoms with Crippen LogP contribution >= 0.6 is 0 Å². The SMILES string of the molecule is CCCN1C(=O)c2cc3c(cc2C1=O)C1c2cc4c(cc2C3c2c3c(c5c(c21)C1c2cc6c(cc2C5c2cc5c(cc21)C(=O)N(CCC)C5=O)C(=O)N(CCC)C6=O)C1c2cc5c(cc2C3c2cc3c(cc21)C(=O)N(CCC)C3=O)C(=O)N(CCC)C5=O)C(=O)N(CCC)C4=O. The van der Waals surface area contributed by atoms with Crippen LogP contribution < -0.4 is 0 Å². The van der Waals surface area contributed by atoms with E-state index in [4.69, 9.17) is 0 Å². The quantitative estimate of drug-likeness (QED) is 0.104. The van der Waals surface area contributed by atoms with E-state index in [0.29, 0.717) is 105 Å². The third-order valence-electron chi connectivity index (χ3n) is 22.9. The largest absolute Gasteiger partial charge is 0.274 e. The molecule has 96 heavy (non-hydrogen) atoms. The van der Waals surface area contributed by atoms with Gasteiger partial charge in [0.1, 0.15) is 0 Å². The summed E-state index contributed by atoms with van der Waals surface area (Å²) in [5.74, 6) is -10.5. The van der Waals surface area contributed by atoms with Crippen molar-refractivity contribution in [2.45, 2.75) is 116 Å². The summed E-state index contributed by atoms with van der Waals surface area (Å²) in [6.07, 6.45) is 3.02. The Morgan fingerprint density at radius 1 is 0.188 bits per heavy atom. The van der Waals surface area contributed by atoms with Crippen LogP contribution in [-0.2, 0) is 0 Å². The average molecular weight is 1270 g/mol. The Bertz CT molecular complexity index is 4120. The highest BCUT2D eigenvalue weighted by atomic mass is 16.2. The summed E-state index contributed by atoms with van der Waals surface area (Å²) in [6, 6.07) is 22.0. The van der Waals surface area contributed by atoms with E-state index in [-0.39, 0.29) is 106 Å². The van der Waals surface area contributed by atoms with Gasteiger partial charge in [-0.1, -0.05) is 41.5 Å². The fourth-order valence-electron chi connectivity index (χ4n) is 19.4. The molecule has 6 heterocycles. The number of benzene rings is 7. The second-order valence-electron chi connectivity index (χ2n) is 27.8. The molecule has 0 radical (unpaired) electrons. The van der Waals surface area contributed by atoms with E-state index in [1.807, 2.05) is 114 Å². The summed E-state index contributed by atoms with van der Waals surface area (Å²) >= 11 is 0. The van der Waals surface area contributed by atoms with Crippen molar-refractivity contribution in [2.24, 2.45) is 0 Å². The number of fused-ring (bicyclic) bond motifs is 6. The molecular formula is C78H60N6O12. The minimum atomic E-state index is -0.861. The van der Waals surface area contributed by atoms with Crippen molar-refractivity contribution in [1.82, 2.24) is 29.4 Å². The van der Waals surface area contributed by atoms with Gasteiger partial charge in [-0.25, -0.2) is 0 Å². The molecule has 0 saturated carbocycles. The predicted octanol–water partition coefficient (Wildman–Crippen LogP) is 10.7. The van der Waals surface area contributed by atoms with Crippen LogP contribution in [0, 0.1) is 0 Å². The molecule has 6 bridgehead atoms. The lowest BCUT2D eigenvalue weighted by molar-refractivity contribution is 0.0639. The molecule has 0 unspecified atom stereocenters. The number of rotatable bonds is 12. The predicted molar refractivity (Wildman–Crippen MR) is 345 cm³/mol. The second-order valence-corrected chi connectivity index (χ2v) is 27.8. The molecule has 7 aromatic carbocycles. The molecule has 9 aliphatic carbocycles. The summed E-state index contributed by atoms with van der Waals surface area (Å²) in [4.78, 5) is 185. The van der Waals surface area contributed by atoms with Gasteiger partial charge >= 0.3 is 0 Å². The lowest BCUT2D eigenvalue weighted by Crippen LogP contribution is -2.41. The first-order valence-corrected chi connectivity index (χ1v) is 33.9. The zero-order valence-electron chi connectivity index (χ0n) is 53.5. The minimum absolute atomic E-state index is 0.171. The lowest BCUT2D eigenvalue weighted by atomic mass is 9.47. The van der Waals surface area contributed by atoms with E-state index in [9.17, 15) is 57.5 Å². The monoisotopic (exact) mass is 1270 g/mol.